The van der Waals surface area contributed by atoms with Crippen LogP contribution in [0.25, 0.3) is 0 Å². The number of carbonyl (C=O) groups excluding carboxylic acids is 2. The van der Waals surface area contributed by atoms with Gasteiger partial charge in [0.1, 0.15) is 5.92 Å². The molecule has 1 aromatic carbocycles. The topological polar surface area (TPSA) is 43.4 Å². The summed E-state index contributed by atoms with van der Waals surface area (Å²) in [5.74, 6) is -1.24. The number of carbonyl (C=O) groups is 2. The predicted octanol–water partition coefficient (Wildman–Crippen LogP) is 3.16. The fourth-order valence-electron chi connectivity index (χ4n) is 1.91. The maximum absolute atomic E-state index is 12.3. The van der Waals surface area contributed by atoms with Gasteiger partial charge < -0.3 is 4.74 Å². The Hall–Kier alpha value is -1.64. The van der Waals surface area contributed by atoms with Gasteiger partial charge in [0.15, 0.2) is 5.78 Å². The highest BCUT2D eigenvalue weighted by atomic mass is 16.5. The van der Waals surface area contributed by atoms with E-state index in [0.717, 1.165) is 18.4 Å². The highest BCUT2D eigenvalue weighted by Crippen LogP contribution is 2.18. The highest BCUT2D eigenvalue weighted by Gasteiger charge is 2.27. The van der Waals surface area contributed by atoms with Crippen molar-refractivity contribution in [3.05, 3.63) is 35.4 Å². The number of aryl methyl sites for hydroxylation is 1. The van der Waals surface area contributed by atoms with Crippen LogP contribution in [0.15, 0.2) is 24.3 Å². The molecule has 0 N–H and O–H groups in total. The molecule has 98 valence electrons. The zero-order chi connectivity index (χ0) is 13.5. The molecule has 0 saturated heterocycles. The summed E-state index contributed by atoms with van der Waals surface area (Å²) >= 11 is 0. The average molecular weight is 248 g/mol. The SMILES string of the molecule is CCCCC(C(=O)OC)C(=O)c1cccc(C)c1. The number of hydrogen-bond acceptors (Lipinski definition) is 3. The third kappa shape index (κ3) is 3.69. The molecule has 0 radical (unpaired) electrons. The van der Waals surface area contributed by atoms with Crippen LogP contribution >= 0.6 is 0 Å². The smallest absolute Gasteiger partial charge is 0.316 e. The quantitative estimate of drug-likeness (QED) is 0.441. The lowest BCUT2D eigenvalue weighted by molar-refractivity contribution is -0.143. The Balaban J connectivity index is 2.91. The van der Waals surface area contributed by atoms with Gasteiger partial charge in [-0.1, -0.05) is 43.5 Å². The van der Waals surface area contributed by atoms with Crippen LogP contribution in [0.3, 0.4) is 0 Å². The van der Waals surface area contributed by atoms with E-state index < -0.39 is 11.9 Å². The van der Waals surface area contributed by atoms with Crippen molar-refractivity contribution in [1.82, 2.24) is 0 Å². The number of benzene rings is 1. The van der Waals surface area contributed by atoms with Crippen LogP contribution in [-0.4, -0.2) is 18.9 Å². The monoisotopic (exact) mass is 248 g/mol. The average Bonchev–Trinajstić information content (AvgIpc) is 2.38. The van der Waals surface area contributed by atoms with Gasteiger partial charge in [0, 0.05) is 5.56 Å². The van der Waals surface area contributed by atoms with Crippen molar-refractivity contribution < 1.29 is 14.3 Å². The first kappa shape index (κ1) is 14.4. The molecule has 1 atom stereocenters. The summed E-state index contributed by atoms with van der Waals surface area (Å²) in [4.78, 5) is 24.0. The standard InChI is InChI=1S/C15H20O3/c1-4-5-9-13(15(17)18-3)14(16)12-8-6-7-11(2)10-12/h6-8,10,13H,4-5,9H2,1-3H3. The number of unbranched alkanes of at least 4 members (excludes halogenated alkanes) is 1. The van der Waals surface area contributed by atoms with Crippen LogP contribution in [-0.2, 0) is 9.53 Å². The molecule has 0 heterocycles. The molecule has 1 rings (SSSR count). The van der Waals surface area contributed by atoms with Crippen molar-refractivity contribution in [2.75, 3.05) is 7.11 Å². The van der Waals surface area contributed by atoms with Crippen LogP contribution in [0.4, 0.5) is 0 Å². The molecule has 0 spiro atoms. The van der Waals surface area contributed by atoms with E-state index in [9.17, 15) is 9.59 Å². The minimum atomic E-state index is -0.670. The molecule has 3 heteroatoms. The first-order valence-corrected chi connectivity index (χ1v) is 6.28. The Morgan fingerprint density at radius 2 is 2.06 bits per heavy atom. The number of Topliss-reactive ketones (excluding diaryl/α,β-unsaturated/α-hetero) is 1. The van der Waals surface area contributed by atoms with E-state index in [0.29, 0.717) is 12.0 Å². The van der Waals surface area contributed by atoms with Gasteiger partial charge in [-0.3, -0.25) is 9.59 Å². The Morgan fingerprint density at radius 3 is 2.61 bits per heavy atom. The molecule has 0 fully saturated rings. The van der Waals surface area contributed by atoms with E-state index in [1.807, 2.05) is 32.0 Å². The zero-order valence-corrected chi connectivity index (χ0v) is 11.2. The van der Waals surface area contributed by atoms with E-state index in [-0.39, 0.29) is 5.78 Å². The maximum Gasteiger partial charge on any atom is 0.316 e. The molecule has 1 unspecified atom stereocenters. The molecule has 0 aromatic heterocycles. The van der Waals surface area contributed by atoms with E-state index in [2.05, 4.69) is 0 Å². The van der Waals surface area contributed by atoms with Crippen molar-refractivity contribution in [1.29, 1.82) is 0 Å². The lowest BCUT2D eigenvalue weighted by Gasteiger charge is -2.13. The fourth-order valence-corrected chi connectivity index (χ4v) is 1.91. The van der Waals surface area contributed by atoms with Gasteiger partial charge in [-0.15, -0.1) is 0 Å². The number of rotatable bonds is 6. The minimum absolute atomic E-state index is 0.140. The van der Waals surface area contributed by atoms with Gasteiger partial charge in [-0.2, -0.15) is 0 Å². The number of ketones is 1. The molecule has 18 heavy (non-hydrogen) atoms. The second kappa shape index (κ2) is 6.94. The number of hydrogen-bond donors (Lipinski definition) is 0. The highest BCUT2D eigenvalue weighted by molar-refractivity contribution is 6.08. The summed E-state index contributed by atoms with van der Waals surface area (Å²) in [6.45, 7) is 3.96. The Labute approximate surface area is 108 Å². The predicted molar refractivity (Wildman–Crippen MR) is 70.5 cm³/mol. The van der Waals surface area contributed by atoms with Gasteiger partial charge in [0.05, 0.1) is 7.11 Å². The molecule has 0 amide bonds. The maximum atomic E-state index is 12.3. The largest absolute Gasteiger partial charge is 0.468 e. The normalized spacial score (nSPS) is 11.9. The van der Waals surface area contributed by atoms with Gasteiger partial charge in [0.2, 0.25) is 0 Å². The third-order valence-corrected chi connectivity index (χ3v) is 2.95. The summed E-state index contributed by atoms with van der Waals surface area (Å²) in [5, 5.41) is 0. The van der Waals surface area contributed by atoms with Crippen LogP contribution in [0.5, 0.6) is 0 Å². The van der Waals surface area contributed by atoms with Crippen molar-refractivity contribution in [2.24, 2.45) is 5.92 Å². The van der Waals surface area contributed by atoms with Gasteiger partial charge in [-0.25, -0.2) is 0 Å². The molecule has 0 saturated carbocycles. The van der Waals surface area contributed by atoms with Crippen molar-refractivity contribution in [3.63, 3.8) is 0 Å². The van der Waals surface area contributed by atoms with Crippen LogP contribution < -0.4 is 0 Å². The fraction of sp³-hybridized carbons (Fsp3) is 0.467. The Bertz CT molecular complexity index is 424. The second-order valence-corrected chi connectivity index (χ2v) is 4.45. The van der Waals surface area contributed by atoms with Gasteiger partial charge >= 0.3 is 5.97 Å². The van der Waals surface area contributed by atoms with Crippen LogP contribution in [0.1, 0.15) is 42.1 Å². The van der Waals surface area contributed by atoms with Crippen molar-refractivity contribution in [2.45, 2.75) is 33.1 Å². The zero-order valence-electron chi connectivity index (χ0n) is 11.2. The third-order valence-electron chi connectivity index (χ3n) is 2.95. The molecule has 0 aliphatic carbocycles. The molecule has 0 aliphatic rings. The van der Waals surface area contributed by atoms with Gasteiger partial charge in [-0.05, 0) is 19.4 Å². The van der Waals surface area contributed by atoms with Crippen LogP contribution in [0, 0.1) is 12.8 Å². The molecular weight excluding hydrogens is 228 g/mol. The molecule has 1 aromatic rings. The van der Waals surface area contributed by atoms with Crippen LogP contribution in [0.2, 0.25) is 0 Å². The van der Waals surface area contributed by atoms with Gasteiger partial charge in [0.25, 0.3) is 0 Å². The van der Waals surface area contributed by atoms with E-state index >= 15 is 0 Å². The van der Waals surface area contributed by atoms with E-state index in [1.54, 1.807) is 6.07 Å². The number of ether oxygens (including phenoxy) is 1. The van der Waals surface area contributed by atoms with Crippen molar-refractivity contribution >= 4 is 11.8 Å². The van der Waals surface area contributed by atoms with Crippen molar-refractivity contribution in [3.8, 4) is 0 Å². The number of methoxy groups -OCH3 is 1. The summed E-state index contributed by atoms with van der Waals surface area (Å²) < 4.78 is 4.72. The lowest BCUT2D eigenvalue weighted by atomic mass is 9.92. The second-order valence-electron chi connectivity index (χ2n) is 4.45. The summed E-state index contributed by atoms with van der Waals surface area (Å²) in [5.41, 5.74) is 1.60. The number of esters is 1. The molecule has 0 bridgehead atoms. The lowest BCUT2D eigenvalue weighted by Crippen LogP contribution is -2.25. The summed E-state index contributed by atoms with van der Waals surface area (Å²) in [6, 6.07) is 7.31. The first-order chi connectivity index (χ1) is 8.60. The van der Waals surface area contributed by atoms with E-state index in [4.69, 9.17) is 4.74 Å². The first-order valence-electron chi connectivity index (χ1n) is 6.28. The molecule has 0 aliphatic heterocycles. The van der Waals surface area contributed by atoms with E-state index in [1.165, 1.54) is 7.11 Å². The molecular formula is C15H20O3. The summed E-state index contributed by atoms with van der Waals surface area (Å²) in [6.07, 6.45) is 2.35. The Morgan fingerprint density at radius 1 is 1.33 bits per heavy atom. The Kier molecular flexibility index (Phi) is 5.56. The summed E-state index contributed by atoms with van der Waals surface area (Å²) in [7, 11) is 1.32. The molecule has 3 nitrogen and oxygen atoms in total. The minimum Gasteiger partial charge on any atom is -0.468 e.